The van der Waals surface area contributed by atoms with Crippen LogP contribution >= 0.6 is 0 Å². The summed E-state index contributed by atoms with van der Waals surface area (Å²) in [5, 5.41) is 8.26. The van der Waals surface area contributed by atoms with Crippen LogP contribution in [0.4, 0.5) is 4.39 Å². The molecule has 162 valence electrons. The van der Waals surface area contributed by atoms with Crippen molar-refractivity contribution < 1.29 is 18.4 Å². The Morgan fingerprint density at radius 2 is 2.06 bits per heavy atom. The molecule has 7 nitrogen and oxygen atoms in total. The summed E-state index contributed by atoms with van der Waals surface area (Å²) in [5.74, 6) is -0.285. The Hall–Kier alpha value is -3.94. The normalized spacial score (nSPS) is 15.5. The van der Waals surface area contributed by atoms with Crippen LogP contribution in [0.15, 0.2) is 65.4 Å². The first-order valence-electron chi connectivity index (χ1n) is 10.2. The van der Waals surface area contributed by atoms with E-state index >= 15 is 0 Å². The van der Waals surface area contributed by atoms with Gasteiger partial charge in [-0.15, -0.1) is 0 Å². The third-order valence-corrected chi connectivity index (χ3v) is 5.77. The van der Waals surface area contributed by atoms with Gasteiger partial charge in [0.25, 0.3) is 5.91 Å². The first kappa shape index (κ1) is 20.0. The van der Waals surface area contributed by atoms with Gasteiger partial charge in [0.2, 0.25) is 0 Å². The predicted molar refractivity (Wildman–Crippen MR) is 115 cm³/mol. The lowest BCUT2D eigenvalue weighted by molar-refractivity contribution is 0.0714. The second kappa shape index (κ2) is 7.96. The molecule has 2 aromatic carbocycles. The molecule has 0 radical (unpaired) electrons. The van der Waals surface area contributed by atoms with Crippen molar-refractivity contribution in [2.75, 3.05) is 13.7 Å². The minimum absolute atomic E-state index is 0.0136. The number of nitrogens with zero attached hydrogens (tertiary/aromatic N) is 4. The van der Waals surface area contributed by atoms with Crippen molar-refractivity contribution in [3.8, 4) is 17.1 Å². The van der Waals surface area contributed by atoms with Crippen LogP contribution in [0, 0.1) is 5.82 Å². The van der Waals surface area contributed by atoms with Crippen molar-refractivity contribution in [2.45, 2.75) is 12.5 Å². The summed E-state index contributed by atoms with van der Waals surface area (Å²) in [6, 6.07) is 14.1. The van der Waals surface area contributed by atoms with E-state index in [0.717, 1.165) is 11.1 Å². The Bertz CT molecular complexity index is 1300. The molecular weight excluding hydrogens is 411 g/mol. The van der Waals surface area contributed by atoms with Crippen LogP contribution in [0.3, 0.4) is 0 Å². The maximum absolute atomic E-state index is 14.1. The van der Waals surface area contributed by atoms with Crippen molar-refractivity contribution in [3.63, 3.8) is 0 Å². The van der Waals surface area contributed by atoms with Crippen LogP contribution in [-0.4, -0.2) is 39.4 Å². The number of halogens is 1. The zero-order valence-corrected chi connectivity index (χ0v) is 17.7. The summed E-state index contributed by atoms with van der Waals surface area (Å²) in [6.07, 6.45) is 3.81. The molecule has 1 unspecified atom stereocenters. The minimum Gasteiger partial charge on any atom is -0.494 e. The molecule has 1 aliphatic rings. The van der Waals surface area contributed by atoms with Crippen molar-refractivity contribution in [1.82, 2.24) is 19.8 Å². The highest BCUT2D eigenvalue weighted by Gasteiger charge is 2.31. The van der Waals surface area contributed by atoms with Gasteiger partial charge in [-0.25, -0.2) is 4.39 Å². The third-order valence-electron chi connectivity index (χ3n) is 5.77. The van der Waals surface area contributed by atoms with Crippen LogP contribution in [0.2, 0.25) is 0 Å². The number of hydrogen-bond donors (Lipinski definition) is 0. The van der Waals surface area contributed by atoms with Crippen LogP contribution in [0.5, 0.6) is 5.75 Å². The molecule has 1 aliphatic heterocycles. The maximum Gasteiger partial charge on any atom is 0.276 e. The number of hydrogen-bond acceptors (Lipinski definition) is 5. The fraction of sp³-hybridized carbons (Fsp3) is 0.208. The van der Waals surface area contributed by atoms with Gasteiger partial charge in [0.15, 0.2) is 23.0 Å². The molecule has 2 aromatic heterocycles. The molecule has 0 bridgehead atoms. The zero-order valence-electron chi connectivity index (χ0n) is 17.7. The molecule has 8 heteroatoms. The van der Waals surface area contributed by atoms with Crippen LogP contribution in [-0.2, 0) is 13.6 Å². The van der Waals surface area contributed by atoms with E-state index in [-0.39, 0.29) is 23.3 Å². The van der Waals surface area contributed by atoms with E-state index in [0.29, 0.717) is 24.4 Å². The van der Waals surface area contributed by atoms with Crippen LogP contribution < -0.4 is 4.74 Å². The highest BCUT2D eigenvalue weighted by atomic mass is 19.1. The fourth-order valence-corrected chi connectivity index (χ4v) is 4.16. The lowest BCUT2D eigenvalue weighted by atomic mass is 9.86. The predicted octanol–water partition coefficient (Wildman–Crippen LogP) is 4.01. The van der Waals surface area contributed by atoms with Gasteiger partial charge in [-0.3, -0.25) is 9.48 Å². The highest BCUT2D eigenvalue weighted by Crippen LogP contribution is 2.34. The van der Waals surface area contributed by atoms with E-state index in [2.05, 4.69) is 16.3 Å². The fourth-order valence-electron chi connectivity index (χ4n) is 4.16. The van der Waals surface area contributed by atoms with Gasteiger partial charge in [-0.05, 0) is 34.9 Å². The number of carbonyl (C=O) groups is 1. The molecule has 0 saturated heterocycles. The quantitative estimate of drug-likeness (QED) is 0.487. The van der Waals surface area contributed by atoms with E-state index in [1.807, 2.05) is 37.6 Å². The van der Waals surface area contributed by atoms with Gasteiger partial charge in [0.1, 0.15) is 0 Å². The van der Waals surface area contributed by atoms with Crippen LogP contribution in [0.25, 0.3) is 11.3 Å². The second-order valence-electron chi connectivity index (χ2n) is 7.81. The van der Waals surface area contributed by atoms with Gasteiger partial charge in [0, 0.05) is 43.9 Å². The molecule has 5 rings (SSSR count). The monoisotopic (exact) mass is 432 g/mol. The van der Waals surface area contributed by atoms with E-state index in [9.17, 15) is 9.18 Å². The maximum atomic E-state index is 14.1. The molecule has 0 spiro atoms. The number of aromatic nitrogens is 3. The number of amides is 1. The summed E-state index contributed by atoms with van der Waals surface area (Å²) < 4.78 is 26.1. The smallest absolute Gasteiger partial charge is 0.276 e. The lowest BCUT2D eigenvalue weighted by Crippen LogP contribution is -2.38. The molecule has 4 aromatic rings. The Kier molecular flexibility index (Phi) is 4.97. The number of ether oxygens (including phenoxy) is 1. The number of rotatable bonds is 4. The topological polar surface area (TPSA) is 73.4 Å². The zero-order chi connectivity index (χ0) is 22.2. The summed E-state index contributed by atoms with van der Waals surface area (Å²) in [7, 11) is 3.28. The molecule has 0 aliphatic carbocycles. The number of benzene rings is 2. The van der Waals surface area contributed by atoms with Gasteiger partial charge in [-0.2, -0.15) is 5.10 Å². The molecule has 0 saturated carbocycles. The van der Waals surface area contributed by atoms with E-state index in [1.54, 1.807) is 21.7 Å². The van der Waals surface area contributed by atoms with Gasteiger partial charge >= 0.3 is 0 Å². The van der Waals surface area contributed by atoms with Crippen molar-refractivity contribution in [3.05, 3.63) is 89.1 Å². The average Bonchev–Trinajstić information content (AvgIpc) is 3.47. The molecular formula is C24H21FN4O3. The number of carbonyl (C=O) groups excluding carboxylic acids is 1. The number of fused-ring (bicyclic) bond motifs is 1. The largest absolute Gasteiger partial charge is 0.494 e. The summed E-state index contributed by atoms with van der Waals surface area (Å²) in [6.45, 7) is 0.978. The summed E-state index contributed by atoms with van der Waals surface area (Å²) in [4.78, 5) is 15.1. The standard InChI is InChI=1S/C24H21FN4O3/c1-28-12-17(11-26-28)19-14-29(13-16-5-3-4-6-18(16)19)24(30)21-10-23(32-27-21)15-7-8-22(31-2)20(25)9-15/h3-12,19H,13-14H2,1-2H3. The van der Waals surface area contributed by atoms with Gasteiger partial charge < -0.3 is 14.2 Å². The van der Waals surface area contributed by atoms with E-state index < -0.39 is 5.82 Å². The molecule has 1 amide bonds. The van der Waals surface area contributed by atoms with Gasteiger partial charge in [-0.1, -0.05) is 29.4 Å². The number of methoxy groups -OCH3 is 1. The molecule has 3 heterocycles. The summed E-state index contributed by atoms with van der Waals surface area (Å²) >= 11 is 0. The Balaban J connectivity index is 1.43. The SMILES string of the molecule is COc1ccc(-c2cc(C(=O)N3Cc4ccccc4C(c4cnn(C)c4)C3)no2)cc1F. The number of aryl methyl sites for hydroxylation is 1. The van der Waals surface area contributed by atoms with Crippen molar-refractivity contribution in [1.29, 1.82) is 0 Å². The summed E-state index contributed by atoms with van der Waals surface area (Å²) in [5.41, 5.74) is 3.99. The van der Waals surface area contributed by atoms with Crippen molar-refractivity contribution in [2.24, 2.45) is 7.05 Å². The molecule has 0 N–H and O–H groups in total. The first-order chi connectivity index (χ1) is 15.5. The van der Waals surface area contributed by atoms with E-state index in [1.165, 1.54) is 24.8 Å². The second-order valence-corrected chi connectivity index (χ2v) is 7.81. The van der Waals surface area contributed by atoms with Gasteiger partial charge in [0.05, 0.1) is 13.3 Å². The third kappa shape index (κ3) is 3.53. The highest BCUT2D eigenvalue weighted by molar-refractivity contribution is 5.93. The Morgan fingerprint density at radius 3 is 2.81 bits per heavy atom. The molecule has 1 atom stereocenters. The van der Waals surface area contributed by atoms with Crippen molar-refractivity contribution >= 4 is 5.91 Å². The molecule has 0 fully saturated rings. The minimum atomic E-state index is -0.513. The first-order valence-corrected chi connectivity index (χ1v) is 10.2. The lowest BCUT2D eigenvalue weighted by Gasteiger charge is -2.34. The Morgan fingerprint density at radius 1 is 1.22 bits per heavy atom. The molecule has 32 heavy (non-hydrogen) atoms. The van der Waals surface area contributed by atoms with Crippen LogP contribution in [0.1, 0.15) is 33.1 Å². The Labute approximate surface area is 184 Å². The van der Waals surface area contributed by atoms with E-state index in [4.69, 9.17) is 9.26 Å². The average molecular weight is 432 g/mol.